The summed E-state index contributed by atoms with van der Waals surface area (Å²) in [7, 11) is 3.35. The summed E-state index contributed by atoms with van der Waals surface area (Å²) in [5, 5.41) is 4.22. The molecule has 2 aromatic carbocycles. The van der Waals surface area contributed by atoms with Crippen LogP contribution in [0.4, 0.5) is 5.69 Å². The molecule has 7 heteroatoms. The number of ether oxygens (including phenoxy) is 2. The molecule has 0 bridgehead atoms. The third kappa shape index (κ3) is 4.12. The van der Waals surface area contributed by atoms with Gasteiger partial charge in [-0.15, -0.1) is 0 Å². The summed E-state index contributed by atoms with van der Waals surface area (Å²) in [5.74, 6) is 1.64. The molecule has 1 aliphatic rings. The zero-order valence-electron chi connectivity index (χ0n) is 20.2. The van der Waals surface area contributed by atoms with E-state index in [1.165, 1.54) is 5.56 Å². The van der Waals surface area contributed by atoms with Crippen LogP contribution in [0.2, 0.25) is 0 Å². The average Bonchev–Trinajstić information content (AvgIpc) is 3.39. The summed E-state index contributed by atoms with van der Waals surface area (Å²) in [4.78, 5) is 6.86. The van der Waals surface area contributed by atoms with Gasteiger partial charge < -0.3 is 24.3 Å². The van der Waals surface area contributed by atoms with Crippen molar-refractivity contribution >= 4 is 23.0 Å². The van der Waals surface area contributed by atoms with Crippen molar-refractivity contribution in [3.63, 3.8) is 0 Å². The highest BCUT2D eigenvalue weighted by molar-refractivity contribution is 7.80. The van der Waals surface area contributed by atoms with Gasteiger partial charge in [-0.3, -0.25) is 4.98 Å². The highest BCUT2D eigenvalue weighted by Crippen LogP contribution is 2.44. The smallest absolute Gasteiger partial charge is 0.174 e. The maximum atomic E-state index is 5.88. The minimum Gasteiger partial charge on any atom is -0.497 e. The number of benzene rings is 2. The Labute approximate surface area is 211 Å². The fourth-order valence-electron chi connectivity index (χ4n) is 4.91. The second kappa shape index (κ2) is 9.43. The third-order valence-electron chi connectivity index (χ3n) is 6.57. The van der Waals surface area contributed by atoms with Crippen molar-refractivity contribution in [3.8, 4) is 17.2 Å². The first-order valence-corrected chi connectivity index (χ1v) is 11.9. The summed E-state index contributed by atoms with van der Waals surface area (Å²) < 4.78 is 13.0. The molecule has 1 aliphatic heterocycles. The maximum absolute atomic E-state index is 5.88. The minimum atomic E-state index is -0.101. The summed E-state index contributed by atoms with van der Waals surface area (Å²) in [6.07, 6.45) is 1.83. The van der Waals surface area contributed by atoms with Crippen LogP contribution in [0.1, 0.15) is 34.7 Å². The van der Waals surface area contributed by atoms with E-state index in [-0.39, 0.29) is 12.1 Å². The number of anilines is 1. The predicted octanol–water partition coefficient (Wildman–Crippen LogP) is 5.68. The summed E-state index contributed by atoms with van der Waals surface area (Å²) in [6.45, 7) is 4.30. The van der Waals surface area contributed by atoms with Gasteiger partial charge >= 0.3 is 0 Å². The number of aryl methyl sites for hydroxylation is 1. The van der Waals surface area contributed by atoms with E-state index < -0.39 is 0 Å². The lowest BCUT2D eigenvalue weighted by Gasteiger charge is -2.28. The van der Waals surface area contributed by atoms with Gasteiger partial charge in [-0.2, -0.15) is 0 Å². The fourth-order valence-corrected chi connectivity index (χ4v) is 5.25. The Hall–Kier alpha value is -3.84. The van der Waals surface area contributed by atoms with Crippen molar-refractivity contribution < 1.29 is 9.47 Å². The normalized spacial score (nSPS) is 17.4. The van der Waals surface area contributed by atoms with Crippen molar-refractivity contribution in [1.82, 2.24) is 14.9 Å². The molecule has 6 nitrogen and oxygen atoms in total. The summed E-state index contributed by atoms with van der Waals surface area (Å²) in [5.41, 5.74) is 6.53. The quantitative estimate of drug-likeness (QED) is 0.355. The predicted molar refractivity (Wildman–Crippen MR) is 143 cm³/mol. The monoisotopic (exact) mass is 484 g/mol. The highest BCUT2D eigenvalue weighted by Gasteiger charge is 2.42. The number of hydrogen-bond acceptors (Lipinski definition) is 4. The van der Waals surface area contributed by atoms with E-state index in [0.29, 0.717) is 5.11 Å². The number of pyridine rings is 1. The van der Waals surface area contributed by atoms with Gasteiger partial charge in [0.05, 0.1) is 32.0 Å². The van der Waals surface area contributed by atoms with Gasteiger partial charge in [-0.25, -0.2) is 0 Å². The Kier molecular flexibility index (Phi) is 6.17. The molecule has 0 radical (unpaired) electrons. The van der Waals surface area contributed by atoms with Crippen molar-refractivity contribution in [2.45, 2.75) is 25.9 Å². The van der Waals surface area contributed by atoms with E-state index in [4.69, 9.17) is 21.7 Å². The van der Waals surface area contributed by atoms with Crippen molar-refractivity contribution in [2.75, 3.05) is 19.1 Å². The zero-order chi connectivity index (χ0) is 24.5. The first kappa shape index (κ1) is 22.9. The van der Waals surface area contributed by atoms with Crippen molar-refractivity contribution in [3.05, 3.63) is 102 Å². The molecule has 2 atom stereocenters. The lowest BCUT2D eigenvalue weighted by molar-refractivity contribution is 0.414. The number of methoxy groups -OCH3 is 2. The van der Waals surface area contributed by atoms with Gasteiger partial charge in [-0.1, -0.05) is 6.07 Å². The Bertz CT molecular complexity index is 1330. The zero-order valence-corrected chi connectivity index (χ0v) is 21.0. The number of rotatable bonds is 6. The first-order chi connectivity index (χ1) is 17.0. The van der Waals surface area contributed by atoms with E-state index in [1.807, 2.05) is 60.8 Å². The molecule has 2 aromatic heterocycles. The first-order valence-electron chi connectivity index (χ1n) is 11.5. The Morgan fingerprint density at radius 3 is 2.06 bits per heavy atom. The number of hydrogen-bond donors (Lipinski definition) is 1. The van der Waals surface area contributed by atoms with Crippen LogP contribution >= 0.6 is 12.2 Å². The Morgan fingerprint density at radius 2 is 1.49 bits per heavy atom. The Balaban J connectivity index is 1.64. The van der Waals surface area contributed by atoms with Crippen LogP contribution in [-0.2, 0) is 0 Å². The van der Waals surface area contributed by atoms with Crippen LogP contribution in [0.3, 0.4) is 0 Å². The molecule has 1 fully saturated rings. The molecule has 178 valence electrons. The van der Waals surface area contributed by atoms with Crippen LogP contribution in [0.5, 0.6) is 11.5 Å². The van der Waals surface area contributed by atoms with Crippen LogP contribution in [0.25, 0.3) is 5.69 Å². The average molecular weight is 485 g/mol. The second-order valence-corrected chi connectivity index (χ2v) is 8.94. The molecule has 5 rings (SSSR count). The van der Waals surface area contributed by atoms with Crippen LogP contribution in [0, 0.1) is 13.8 Å². The molecule has 35 heavy (non-hydrogen) atoms. The molecule has 0 amide bonds. The maximum Gasteiger partial charge on any atom is 0.174 e. The molecule has 0 saturated carbocycles. The van der Waals surface area contributed by atoms with Gasteiger partial charge in [0.15, 0.2) is 5.11 Å². The Morgan fingerprint density at radius 1 is 0.857 bits per heavy atom. The second-order valence-electron chi connectivity index (χ2n) is 8.55. The van der Waals surface area contributed by atoms with Gasteiger partial charge in [0.2, 0.25) is 0 Å². The number of nitrogens with zero attached hydrogens (tertiary/aromatic N) is 3. The molecular formula is C28H28N4O2S. The molecule has 0 aliphatic carbocycles. The van der Waals surface area contributed by atoms with E-state index in [1.54, 1.807) is 14.2 Å². The topological polar surface area (TPSA) is 51.5 Å². The van der Waals surface area contributed by atoms with E-state index in [2.05, 4.69) is 51.8 Å². The lowest BCUT2D eigenvalue weighted by Crippen LogP contribution is -2.29. The fraction of sp³-hybridized carbons (Fsp3) is 0.214. The molecule has 0 unspecified atom stereocenters. The third-order valence-corrected chi connectivity index (χ3v) is 6.88. The largest absolute Gasteiger partial charge is 0.497 e. The van der Waals surface area contributed by atoms with Gasteiger partial charge in [0.25, 0.3) is 0 Å². The number of aromatic nitrogens is 2. The number of thiocarbonyl (C=S) groups is 1. The van der Waals surface area contributed by atoms with Crippen LogP contribution in [0.15, 0.2) is 79.0 Å². The minimum absolute atomic E-state index is 0.0796. The van der Waals surface area contributed by atoms with E-state index >= 15 is 0 Å². The summed E-state index contributed by atoms with van der Waals surface area (Å²) >= 11 is 5.88. The van der Waals surface area contributed by atoms with Crippen LogP contribution < -0.4 is 19.7 Å². The molecule has 3 heterocycles. The van der Waals surface area contributed by atoms with E-state index in [9.17, 15) is 0 Å². The molecule has 0 spiro atoms. The number of nitrogens with one attached hydrogen (secondary N) is 1. The molecule has 1 N–H and O–H groups in total. The van der Waals surface area contributed by atoms with Gasteiger partial charge in [0, 0.05) is 29.0 Å². The lowest BCUT2D eigenvalue weighted by atomic mass is 9.96. The molecule has 4 aromatic rings. The standard InChI is InChI=1S/C28H28N4O2S/c1-18-17-24(19(2)31(18)20-8-12-22(33-3)13-9-20)27-26(25-7-5-6-16-29-25)30-28(35)32(27)21-10-14-23(34-4)15-11-21/h5-17,26-27H,1-4H3,(H,30,35)/t26-,27+/m0/s1. The highest BCUT2D eigenvalue weighted by atomic mass is 32.1. The summed E-state index contributed by atoms with van der Waals surface area (Å²) in [6, 6.07) is 24.2. The van der Waals surface area contributed by atoms with E-state index in [0.717, 1.165) is 40.0 Å². The van der Waals surface area contributed by atoms with Crippen molar-refractivity contribution in [1.29, 1.82) is 0 Å². The van der Waals surface area contributed by atoms with Crippen LogP contribution in [-0.4, -0.2) is 28.9 Å². The van der Waals surface area contributed by atoms with Gasteiger partial charge in [0.1, 0.15) is 11.5 Å². The molecule has 1 saturated heterocycles. The molecular weight excluding hydrogens is 456 g/mol. The van der Waals surface area contributed by atoms with Gasteiger partial charge in [-0.05, 0) is 98.4 Å². The van der Waals surface area contributed by atoms with Crippen molar-refractivity contribution in [2.24, 2.45) is 0 Å². The SMILES string of the molecule is COc1ccc(N2C(=S)N[C@@H](c3ccccn3)[C@H]2c2cc(C)n(-c3ccc(OC)cc3)c2C)cc1.